The highest BCUT2D eigenvalue weighted by Crippen LogP contribution is 2.07. The number of carbonyl (C=O) groups is 2. The van der Waals surface area contributed by atoms with Crippen LogP contribution < -0.4 is 5.73 Å². The van der Waals surface area contributed by atoms with Crippen LogP contribution in [0.3, 0.4) is 0 Å². The normalized spacial score (nSPS) is 11.0. The van der Waals surface area contributed by atoms with Crippen molar-refractivity contribution in [3.8, 4) is 0 Å². The lowest BCUT2D eigenvalue weighted by Crippen LogP contribution is -2.18. The van der Waals surface area contributed by atoms with Crippen molar-refractivity contribution >= 4 is 34.3 Å². The fraction of sp³-hybridized carbons (Fsp3) is 0.286. The van der Waals surface area contributed by atoms with E-state index in [4.69, 9.17) is 10.8 Å². The van der Waals surface area contributed by atoms with Gasteiger partial charge in [0.1, 0.15) is 0 Å². The van der Waals surface area contributed by atoms with Crippen LogP contribution in [0.2, 0.25) is 0 Å². The smallest absolute Gasteiger partial charge is 0.362 e. The quantitative estimate of drug-likeness (QED) is 0.394. The van der Waals surface area contributed by atoms with E-state index in [-0.39, 0.29) is 11.0 Å². The number of nitrogens with two attached hydrogens (primary N) is 1. The van der Waals surface area contributed by atoms with Gasteiger partial charge in [0.2, 0.25) is 18.1 Å². The van der Waals surface area contributed by atoms with Crippen molar-refractivity contribution in [2.75, 3.05) is 19.5 Å². The number of ether oxygens (including phenoxy) is 1. The summed E-state index contributed by atoms with van der Waals surface area (Å²) in [5.41, 5.74) is 4.76. The minimum atomic E-state index is -1.40. The lowest BCUT2D eigenvalue weighted by molar-refractivity contribution is -0.146. The predicted octanol–water partition coefficient (Wildman–Crippen LogP) is -0.901. The van der Waals surface area contributed by atoms with Crippen molar-refractivity contribution < 1.29 is 24.3 Å². The number of carboxylic acids is 1. The Hall–Kier alpha value is -2.23. The van der Waals surface area contributed by atoms with Gasteiger partial charge in [0.25, 0.3) is 0 Å². The fourth-order valence-electron chi connectivity index (χ4n) is 0.715. The first kappa shape index (κ1) is 12.8. The zero-order valence-electron chi connectivity index (χ0n) is 8.61. The van der Waals surface area contributed by atoms with Crippen molar-refractivity contribution in [3.63, 3.8) is 0 Å². The van der Waals surface area contributed by atoms with E-state index in [0.717, 1.165) is 18.6 Å². The molecule has 1 aromatic heterocycles. The number of methoxy groups -OCH3 is 1. The maximum atomic E-state index is 10.8. The number of rotatable bonds is 5. The molecule has 3 N–H and O–H groups in total. The number of anilines is 1. The molecular weight excluding hydrogens is 252 g/mol. The summed E-state index contributed by atoms with van der Waals surface area (Å²) in [4.78, 5) is 29.6. The third kappa shape index (κ3) is 3.68. The summed E-state index contributed by atoms with van der Waals surface area (Å²) in [5.74, 6) is -2.26. The van der Waals surface area contributed by atoms with Crippen LogP contribution in [-0.4, -0.2) is 45.8 Å². The highest BCUT2D eigenvalue weighted by Gasteiger charge is 2.19. The maximum absolute atomic E-state index is 10.8. The molecule has 0 spiro atoms. The van der Waals surface area contributed by atoms with E-state index in [9.17, 15) is 9.59 Å². The van der Waals surface area contributed by atoms with Crippen LogP contribution in [0.1, 0.15) is 5.82 Å². The molecule has 10 heteroatoms. The van der Waals surface area contributed by atoms with Crippen molar-refractivity contribution in [3.05, 3.63) is 5.82 Å². The molecular formula is C7H8N4O5S. The van der Waals surface area contributed by atoms with Gasteiger partial charge in [-0.2, -0.15) is 9.36 Å². The zero-order chi connectivity index (χ0) is 12.8. The number of oxime groups is 1. The Balaban J connectivity index is 2.76. The number of nitrogens with zero attached hydrogens (tertiary/aromatic N) is 3. The molecule has 0 atom stereocenters. The molecule has 0 saturated carbocycles. The molecule has 0 aliphatic rings. The molecule has 0 aromatic carbocycles. The molecule has 0 saturated heterocycles. The van der Waals surface area contributed by atoms with Crippen LogP contribution >= 0.6 is 11.5 Å². The van der Waals surface area contributed by atoms with Crippen LogP contribution in [0.5, 0.6) is 0 Å². The van der Waals surface area contributed by atoms with Gasteiger partial charge in [-0.25, -0.2) is 9.59 Å². The van der Waals surface area contributed by atoms with Crippen LogP contribution in [0.15, 0.2) is 5.16 Å². The van der Waals surface area contributed by atoms with Crippen molar-refractivity contribution in [1.82, 2.24) is 9.36 Å². The summed E-state index contributed by atoms with van der Waals surface area (Å²) in [5, 5.41) is 12.2. The van der Waals surface area contributed by atoms with E-state index >= 15 is 0 Å². The number of nitrogen functional groups attached to an aromatic ring is 1. The molecule has 0 amide bonds. The topological polar surface area (TPSA) is 137 Å². The molecule has 1 heterocycles. The highest BCUT2D eigenvalue weighted by molar-refractivity contribution is 7.09. The summed E-state index contributed by atoms with van der Waals surface area (Å²) in [6.07, 6.45) is 0. The van der Waals surface area contributed by atoms with Gasteiger partial charge in [-0.3, -0.25) is 0 Å². The molecule has 0 aliphatic heterocycles. The minimum absolute atomic E-state index is 0.0990. The van der Waals surface area contributed by atoms with Gasteiger partial charge in [0, 0.05) is 11.5 Å². The van der Waals surface area contributed by atoms with Gasteiger partial charge in [0.15, 0.2) is 5.13 Å². The largest absolute Gasteiger partial charge is 0.476 e. The Kier molecular flexibility index (Phi) is 4.34. The molecule has 1 rings (SSSR count). The molecule has 0 bridgehead atoms. The van der Waals surface area contributed by atoms with E-state index in [1.54, 1.807) is 0 Å². The van der Waals surface area contributed by atoms with E-state index in [1.807, 2.05) is 0 Å². The molecule has 92 valence electrons. The lowest BCUT2D eigenvalue weighted by atomic mass is 10.4. The van der Waals surface area contributed by atoms with E-state index in [1.165, 1.54) is 0 Å². The zero-order valence-corrected chi connectivity index (χ0v) is 9.43. The standard InChI is InChI=1S/C7H8N4O5S/c1-15-3(12)2-16-10-4(6(13)14)5-9-7(8)17-11-5/h2H2,1H3,(H,13,14)(H2,8,9,11)/b10-4-. The number of aromatic nitrogens is 2. The number of carboxylic acid groups (broad SMARTS) is 1. The summed E-state index contributed by atoms with van der Waals surface area (Å²) in [7, 11) is 1.16. The molecule has 17 heavy (non-hydrogen) atoms. The number of aliphatic carboxylic acids is 1. The molecule has 9 nitrogen and oxygen atoms in total. The molecule has 0 aliphatic carbocycles. The van der Waals surface area contributed by atoms with Crippen molar-refractivity contribution in [1.29, 1.82) is 0 Å². The van der Waals surface area contributed by atoms with Crippen LogP contribution in [-0.2, 0) is 19.2 Å². The summed E-state index contributed by atoms with van der Waals surface area (Å²) >= 11 is 0.820. The Labute approximate surface area is 99.0 Å². The van der Waals surface area contributed by atoms with Gasteiger partial charge >= 0.3 is 11.9 Å². The van der Waals surface area contributed by atoms with Crippen LogP contribution in [0.4, 0.5) is 5.13 Å². The van der Waals surface area contributed by atoms with Crippen molar-refractivity contribution in [2.45, 2.75) is 0 Å². The summed E-state index contributed by atoms with van der Waals surface area (Å²) in [6.45, 7) is -0.507. The second-order valence-electron chi connectivity index (χ2n) is 2.55. The molecule has 0 unspecified atom stereocenters. The summed E-state index contributed by atoms with van der Waals surface area (Å²) < 4.78 is 7.93. The molecule has 0 radical (unpaired) electrons. The first-order chi connectivity index (χ1) is 8.04. The SMILES string of the molecule is COC(=O)CO/N=C(\C(=O)O)c1nsc(N)n1. The van der Waals surface area contributed by atoms with Gasteiger partial charge in [-0.05, 0) is 0 Å². The first-order valence-corrected chi connectivity index (χ1v) is 4.91. The second kappa shape index (κ2) is 5.75. The number of esters is 1. The Morgan fingerprint density at radius 2 is 2.29 bits per heavy atom. The van der Waals surface area contributed by atoms with Crippen LogP contribution in [0, 0.1) is 0 Å². The van der Waals surface area contributed by atoms with Gasteiger partial charge in [-0.1, -0.05) is 5.16 Å². The average molecular weight is 260 g/mol. The monoisotopic (exact) mass is 260 g/mol. The Bertz CT molecular complexity index is 457. The van der Waals surface area contributed by atoms with E-state index in [0.29, 0.717) is 0 Å². The second-order valence-corrected chi connectivity index (χ2v) is 3.33. The van der Waals surface area contributed by atoms with Crippen LogP contribution in [0.25, 0.3) is 0 Å². The Morgan fingerprint density at radius 3 is 2.76 bits per heavy atom. The third-order valence-corrected chi connectivity index (χ3v) is 1.96. The summed E-state index contributed by atoms with van der Waals surface area (Å²) in [6, 6.07) is 0. The maximum Gasteiger partial charge on any atom is 0.362 e. The van der Waals surface area contributed by atoms with E-state index in [2.05, 4.69) is 24.1 Å². The lowest BCUT2D eigenvalue weighted by Gasteiger charge is -1.98. The number of hydrogen-bond donors (Lipinski definition) is 2. The fourth-order valence-corrected chi connectivity index (χ4v) is 1.15. The number of hydrogen-bond acceptors (Lipinski definition) is 9. The van der Waals surface area contributed by atoms with Gasteiger partial charge in [0.05, 0.1) is 7.11 Å². The highest BCUT2D eigenvalue weighted by atomic mass is 32.1. The van der Waals surface area contributed by atoms with Crippen molar-refractivity contribution in [2.24, 2.45) is 5.16 Å². The number of carbonyl (C=O) groups excluding carboxylic acids is 1. The Morgan fingerprint density at radius 1 is 1.59 bits per heavy atom. The van der Waals surface area contributed by atoms with E-state index < -0.39 is 24.3 Å². The first-order valence-electron chi connectivity index (χ1n) is 4.14. The third-order valence-electron chi connectivity index (χ3n) is 1.42. The minimum Gasteiger partial charge on any atom is -0.476 e. The van der Waals surface area contributed by atoms with Gasteiger partial charge < -0.3 is 20.4 Å². The molecule has 0 fully saturated rings. The average Bonchev–Trinajstić information content (AvgIpc) is 2.70. The van der Waals surface area contributed by atoms with Gasteiger partial charge in [-0.15, -0.1) is 0 Å². The molecule has 1 aromatic rings. The predicted molar refractivity (Wildman–Crippen MR) is 56.5 cm³/mol.